The molecular weight excluding hydrogens is 220 g/mol. The summed E-state index contributed by atoms with van der Waals surface area (Å²) in [4.78, 5) is 0. The van der Waals surface area contributed by atoms with E-state index in [1.807, 2.05) is 0 Å². The van der Waals surface area contributed by atoms with Crippen LogP contribution in [0.4, 0.5) is 0 Å². The molecule has 0 saturated heterocycles. The van der Waals surface area contributed by atoms with Crippen molar-refractivity contribution in [1.82, 2.24) is 0 Å². The second-order valence-corrected chi connectivity index (χ2v) is 6.16. The number of fused-ring (bicyclic) bond motifs is 3. The third-order valence-corrected chi connectivity index (χ3v) is 5.51. The van der Waals surface area contributed by atoms with Crippen molar-refractivity contribution in [3.8, 4) is 0 Å². The fourth-order valence-corrected chi connectivity index (χ4v) is 4.71. The summed E-state index contributed by atoms with van der Waals surface area (Å²) in [6.07, 6.45) is 4.93. The predicted octanol–water partition coefficient (Wildman–Crippen LogP) is 0.379. The van der Waals surface area contributed by atoms with Crippen LogP contribution >= 0.6 is 0 Å². The van der Waals surface area contributed by atoms with Crippen molar-refractivity contribution in [1.29, 1.82) is 0 Å². The molecule has 4 heteroatoms. The van der Waals surface area contributed by atoms with Gasteiger partial charge in [-0.05, 0) is 37.5 Å². The molecule has 0 amide bonds. The molecule has 5 atom stereocenters. The van der Waals surface area contributed by atoms with Gasteiger partial charge in [0.1, 0.15) is 5.60 Å². The van der Waals surface area contributed by atoms with Gasteiger partial charge in [-0.1, -0.05) is 19.3 Å². The van der Waals surface area contributed by atoms with Crippen LogP contribution in [0.5, 0.6) is 0 Å². The van der Waals surface area contributed by atoms with Crippen molar-refractivity contribution in [2.24, 2.45) is 17.8 Å². The number of hydrogen-bond donors (Lipinski definition) is 4. The smallest absolute Gasteiger partial charge is 0.198 e. The minimum absolute atomic E-state index is 0.147. The SMILES string of the molecule is OC1CCCC2C3CCCCC3C(O)(O)C12O. The van der Waals surface area contributed by atoms with Gasteiger partial charge in [0, 0.05) is 5.92 Å². The molecule has 0 aromatic heterocycles. The van der Waals surface area contributed by atoms with Gasteiger partial charge in [-0.15, -0.1) is 0 Å². The van der Waals surface area contributed by atoms with E-state index in [2.05, 4.69) is 0 Å². The van der Waals surface area contributed by atoms with Gasteiger partial charge in [-0.3, -0.25) is 0 Å². The predicted molar refractivity (Wildman–Crippen MR) is 60.9 cm³/mol. The van der Waals surface area contributed by atoms with Gasteiger partial charge in [0.2, 0.25) is 0 Å². The van der Waals surface area contributed by atoms with E-state index in [1.54, 1.807) is 0 Å². The van der Waals surface area contributed by atoms with Crippen LogP contribution in [0.2, 0.25) is 0 Å². The third-order valence-electron chi connectivity index (χ3n) is 5.51. The second-order valence-electron chi connectivity index (χ2n) is 6.16. The number of rotatable bonds is 0. The molecule has 98 valence electrons. The molecule has 0 aromatic rings. The highest BCUT2D eigenvalue weighted by atomic mass is 16.5. The molecule has 0 heterocycles. The Morgan fingerprint density at radius 3 is 2.18 bits per heavy atom. The quantitative estimate of drug-likeness (QED) is 0.463. The van der Waals surface area contributed by atoms with E-state index in [-0.39, 0.29) is 17.8 Å². The lowest BCUT2D eigenvalue weighted by Crippen LogP contribution is -2.64. The van der Waals surface area contributed by atoms with E-state index < -0.39 is 17.5 Å². The zero-order chi connectivity index (χ0) is 12.3. The van der Waals surface area contributed by atoms with Gasteiger partial charge in [-0.25, -0.2) is 0 Å². The molecule has 0 aliphatic heterocycles. The second kappa shape index (κ2) is 3.67. The highest BCUT2D eigenvalue weighted by Crippen LogP contribution is 2.60. The van der Waals surface area contributed by atoms with Crippen molar-refractivity contribution in [3.05, 3.63) is 0 Å². The minimum Gasteiger partial charge on any atom is -0.390 e. The van der Waals surface area contributed by atoms with Gasteiger partial charge >= 0.3 is 0 Å². The van der Waals surface area contributed by atoms with Crippen LogP contribution in [-0.4, -0.2) is 37.9 Å². The number of aliphatic hydroxyl groups is 4. The first-order valence-corrected chi connectivity index (χ1v) is 6.84. The average molecular weight is 242 g/mol. The molecule has 3 saturated carbocycles. The molecule has 3 aliphatic rings. The zero-order valence-corrected chi connectivity index (χ0v) is 10.0. The molecule has 4 N–H and O–H groups in total. The highest BCUT2D eigenvalue weighted by molar-refractivity contribution is 5.16. The molecule has 3 rings (SSSR count). The van der Waals surface area contributed by atoms with Crippen LogP contribution in [0, 0.1) is 17.8 Å². The van der Waals surface area contributed by atoms with Crippen LogP contribution in [0.1, 0.15) is 44.9 Å². The Hall–Kier alpha value is -0.160. The van der Waals surface area contributed by atoms with E-state index in [9.17, 15) is 20.4 Å². The lowest BCUT2D eigenvalue weighted by Gasteiger charge is -2.45. The van der Waals surface area contributed by atoms with Crippen LogP contribution in [-0.2, 0) is 0 Å². The maximum absolute atomic E-state index is 10.7. The normalized spacial score (nSPS) is 52.9. The first-order valence-electron chi connectivity index (χ1n) is 6.84. The fraction of sp³-hybridized carbons (Fsp3) is 1.00. The van der Waals surface area contributed by atoms with Crippen LogP contribution in [0.15, 0.2) is 0 Å². The Morgan fingerprint density at radius 1 is 0.765 bits per heavy atom. The summed E-state index contributed by atoms with van der Waals surface area (Å²) in [5.41, 5.74) is -1.70. The van der Waals surface area contributed by atoms with E-state index in [0.717, 1.165) is 38.5 Å². The monoisotopic (exact) mass is 242 g/mol. The van der Waals surface area contributed by atoms with Crippen LogP contribution in [0.3, 0.4) is 0 Å². The summed E-state index contributed by atoms with van der Waals surface area (Å²) in [5.74, 6) is -2.35. The van der Waals surface area contributed by atoms with Crippen molar-refractivity contribution in [3.63, 3.8) is 0 Å². The Balaban J connectivity index is 2.03. The van der Waals surface area contributed by atoms with Crippen LogP contribution in [0.25, 0.3) is 0 Å². The molecule has 0 bridgehead atoms. The van der Waals surface area contributed by atoms with Crippen molar-refractivity contribution in [2.45, 2.75) is 62.4 Å². The van der Waals surface area contributed by atoms with Gasteiger partial charge in [0.25, 0.3) is 0 Å². The summed E-state index contributed by atoms with van der Waals surface area (Å²) in [7, 11) is 0. The summed E-state index contributed by atoms with van der Waals surface area (Å²) < 4.78 is 0. The van der Waals surface area contributed by atoms with E-state index in [0.29, 0.717) is 6.42 Å². The zero-order valence-electron chi connectivity index (χ0n) is 10.0. The largest absolute Gasteiger partial charge is 0.390 e. The Morgan fingerprint density at radius 2 is 1.41 bits per heavy atom. The Bertz CT molecular complexity index is 317. The van der Waals surface area contributed by atoms with E-state index in [4.69, 9.17) is 0 Å². The molecular formula is C13H22O4. The molecule has 3 fully saturated rings. The lowest BCUT2D eigenvalue weighted by atomic mass is 9.70. The third kappa shape index (κ3) is 1.33. The number of aliphatic hydroxyl groups excluding tert-OH is 1. The van der Waals surface area contributed by atoms with Gasteiger partial charge in [-0.2, -0.15) is 0 Å². The van der Waals surface area contributed by atoms with Gasteiger partial charge < -0.3 is 20.4 Å². The number of hydrogen-bond acceptors (Lipinski definition) is 4. The summed E-state index contributed by atoms with van der Waals surface area (Å²) in [6.45, 7) is 0. The first kappa shape index (κ1) is 11.9. The van der Waals surface area contributed by atoms with Crippen LogP contribution < -0.4 is 0 Å². The standard InChI is InChI=1S/C13H22O4/c14-11-7-3-6-9-8-4-1-2-5-10(8)13(16,17)12(9,11)15/h8-11,14-17H,1-7H2. The van der Waals surface area contributed by atoms with E-state index >= 15 is 0 Å². The maximum atomic E-state index is 10.7. The Labute approximate surface area is 101 Å². The molecule has 0 aromatic carbocycles. The first-order chi connectivity index (χ1) is 7.99. The van der Waals surface area contributed by atoms with Crippen molar-refractivity contribution in [2.75, 3.05) is 0 Å². The maximum Gasteiger partial charge on any atom is 0.198 e. The molecule has 4 nitrogen and oxygen atoms in total. The van der Waals surface area contributed by atoms with E-state index in [1.165, 1.54) is 0 Å². The molecule has 0 spiro atoms. The molecule has 5 unspecified atom stereocenters. The summed E-state index contributed by atoms with van der Waals surface area (Å²) in [5, 5.41) is 41.5. The molecule has 17 heavy (non-hydrogen) atoms. The van der Waals surface area contributed by atoms with Gasteiger partial charge in [0.15, 0.2) is 5.79 Å². The molecule has 0 radical (unpaired) electrons. The average Bonchev–Trinajstić information content (AvgIpc) is 2.49. The van der Waals surface area contributed by atoms with Crippen molar-refractivity contribution >= 4 is 0 Å². The fourth-order valence-electron chi connectivity index (χ4n) is 4.71. The molecule has 3 aliphatic carbocycles. The van der Waals surface area contributed by atoms with Crippen molar-refractivity contribution < 1.29 is 20.4 Å². The van der Waals surface area contributed by atoms with Gasteiger partial charge in [0.05, 0.1) is 6.10 Å². The minimum atomic E-state index is -2.11. The summed E-state index contributed by atoms with van der Waals surface area (Å²) in [6, 6.07) is 0. The topological polar surface area (TPSA) is 80.9 Å². The summed E-state index contributed by atoms with van der Waals surface area (Å²) >= 11 is 0. The lowest BCUT2D eigenvalue weighted by molar-refractivity contribution is -0.318. The Kier molecular flexibility index (Phi) is 2.57. The highest BCUT2D eigenvalue weighted by Gasteiger charge is 2.71.